The van der Waals surface area contributed by atoms with Gasteiger partial charge >= 0.3 is 0 Å². The van der Waals surface area contributed by atoms with Crippen LogP contribution >= 0.6 is 0 Å². The third kappa shape index (κ3) is 7.95. The molecule has 6 nitrogen and oxygen atoms in total. The number of rotatable bonds is 17. The number of benzene rings is 3. The lowest BCUT2D eigenvalue weighted by atomic mass is 9.97. The van der Waals surface area contributed by atoms with Gasteiger partial charge in [0.25, 0.3) is 6.47 Å². The summed E-state index contributed by atoms with van der Waals surface area (Å²) < 4.78 is 17.7. The van der Waals surface area contributed by atoms with Crippen LogP contribution in [0.4, 0.5) is 0 Å². The van der Waals surface area contributed by atoms with Crippen LogP contribution in [0.5, 0.6) is 11.5 Å². The third-order valence-electron chi connectivity index (χ3n) is 7.52. The minimum Gasteiger partial charge on any atom is -0.493 e. The zero-order valence-corrected chi connectivity index (χ0v) is 23.8. The Morgan fingerprint density at radius 1 is 0.925 bits per heavy atom. The smallest absolute Gasteiger partial charge is 0.293 e. The molecule has 0 radical (unpaired) electrons. The standard InChI is InChI=1S/C34H41NO5/c1-25(37)11-10-18-35-22-32-30-16-9-17-31(30)33(21-34(32)39-20-7-6-19-38-24-36)40-23-28-14-8-15-29(26(28)2)27-12-4-3-5-13-27/h3-5,8,12-15,21,24,35H,6-7,9-11,16-20,22-23H2,1-2H3. The number of nitrogens with one attached hydrogen (secondary N) is 1. The van der Waals surface area contributed by atoms with E-state index in [4.69, 9.17) is 14.2 Å². The summed E-state index contributed by atoms with van der Waals surface area (Å²) in [6.07, 6.45) is 6.05. The van der Waals surface area contributed by atoms with Gasteiger partial charge in [-0.2, -0.15) is 0 Å². The lowest BCUT2D eigenvalue weighted by Crippen LogP contribution is -2.18. The first kappa shape index (κ1) is 29.3. The predicted octanol–water partition coefficient (Wildman–Crippen LogP) is 6.52. The summed E-state index contributed by atoms with van der Waals surface area (Å²) in [7, 11) is 0. The maximum Gasteiger partial charge on any atom is 0.293 e. The second-order valence-corrected chi connectivity index (χ2v) is 10.4. The first-order valence-corrected chi connectivity index (χ1v) is 14.4. The van der Waals surface area contributed by atoms with Crippen molar-refractivity contribution in [1.82, 2.24) is 5.32 Å². The summed E-state index contributed by atoms with van der Waals surface area (Å²) in [4.78, 5) is 21.7. The van der Waals surface area contributed by atoms with E-state index in [1.54, 1.807) is 6.92 Å². The number of Topliss-reactive ketones (excluding diaryl/α,β-unsaturated/α-hetero) is 1. The lowest BCUT2D eigenvalue weighted by molar-refractivity contribution is -0.128. The Labute approximate surface area is 238 Å². The fraction of sp³-hybridized carbons (Fsp3) is 0.412. The normalized spacial score (nSPS) is 12.2. The molecule has 0 heterocycles. The monoisotopic (exact) mass is 543 g/mol. The fourth-order valence-electron chi connectivity index (χ4n) is 5.36. The summed E-state index contributed by atoms with van der Waals surface area (Å²) >= 11 is 0. The Bertz CT molecular complexity index is 1270. The molecule has 0 aliphatic heterocycles. The summed E-state index contributed by atoms with van der Waals surface area (Å²) in [5.41, 5.74) is 8.62. The summed E-state index contributed by atoms with van der Waals surface area (Å²) in [6, 6.07) is 18.9. The van der Waals surface area contributed by atoms with Gasteiger partial charge in [-0.3, -0.25) is 4.79 Å². The Morgan fingerprint density at radius 2 is 1.73 bits per heavy atom. The van der Waals surface area contributed by atoms with Crippen molar-refractivity contribution in [2.45, 2.75) is 71.9 Å². The van der Waals surface area contributed by atoms with Gasteiger partial charge in [0.15, 0.2) is 0 Å². The molecule has 4 rings (SSSR count). The Hall–Kier alpha value is -3.64. The van der Waals surface area contributed by atoms with Crippen molar-refractivity contribution in [3.63, 3.8) is 0 Å². The number of hydrogen-bond acceptors (Lipinski definition) is 6. The van der Waals surface area contributed by atoms with Crippen molar-refractivity contribution in [2.24, 2.45) is 0 Å². The molecule has 0 bridgehead atoms. The van der Waals surface area contributed by atoms with Crippen molar-refractivity contribution in [3.8, 4) is 22.6 Å². The van der Waals surface area contributed by atoms with Gasteiger partial charge in [0, 0.05) is 24.6 Å². The SMILES string of the molecule is CC(=O)CCCNCc1c(OCCCCOC=O)cc(OCc2cccc(-c3ccccc3)c2C)c2c1CCC2. The van der Waals surface area contributed by atoms with Gasteiger partial charge in [0.1, 0.15) is 23.9 Å². The van der Waals surface area contributed by atoms with Crippen LogP contribution in [-0.2, 0) is 40.3 Å². The second-order valence-electron chi connectivity index (χ2n) is 10.4. The number of hydrogen-bond donors (Lipinski definition) is 1. The quantitative estimate of drug-likeness (QED) is 0.154. The minimum atomic E-state index is 0.219. The van der Waals surface area contributed by atoms with Gasteiger partial charge in [-0.1, -0.05) is 48.5 Å². The summed E-state index contributed by atoms with van der Waals surface area (Å²) in [5.74, 6) is 1.97. The molecule has 0 aromatic heterocycles. The van der Waals surface area contributed by atoms with Gasteiger partial charge in [-0.05, 0) is 92.3 Å². The molecular weight excluding hydrogens is 502 g/mol. The molecule has 1 aliphatic rings. The van der Waals surface area contributed by atoms with Crippen LogP contribution < -0.4 is 14.8 Å². The summed E-state index contributed by atoms with van der Waals surface area (Å²) in [5, 5.41) is 3.52. The molecule has 1 aliphatic carbocycles. The molecule has 3 aromatic carbocycles. The van der Waals surface area contributed by atoms with Crippen molar-refractivity contribution in [3.05, 3.63) is 82.4 Å². The van der Waals surface area contributed by atoms with Crippen LogP contribution in [0.25, 0.3) is 11.1 Å². The Kier molecular flexibility index (Phi) is 11.2. The topological polar surface area (TPSA) is 73.9 Å². The van der Waals surface area contributed by atoms with E-state index in [-0.39, 0.29) is 5.78 Å². The molecule has 0 spiro atoms. The highest BCUT2D eigenvalue weighted by Gasteiger charge is 2.24. The number of carbonyl (C=O) groups is 2. The summed E-state index contributed by atoms with van der Waals surface area (Å²) in [6.45, 7) is 7.19. The van der Waals surface area contributed by atoms with Crippen LogP contribution in [0, 0.1) is 6.92 Å². The fourth-order valence-corrected chi connectivity index (χ4v) is 5.36. The van der Waals surface area contributed by atoms with E-state index < -0.39 is 0 Å². The molecule has 0 atom stereocenters. The average Bonchev–Trinajstić information content (AvgIpc) is 3.45. The van der Waals surface area contributed by atoms with Gasteiger partial charge in [-0.15, -0.1) is 0 Å². The number of fused-ring (bicyclic) bond motifs is 1. The van der Waals surface area contributed by atoms with E-state index in [1.807, 2.05) is 6.07 Å². The van der Waals surface area contributed by atoms with Crippen LogP contribution in [-0.4, -0.2) is 32.0 Å². The van der Waals surface area contributed by atoms with Crippen LogP contribution in [0.3, 0.4) is 0 Å². The van der Waals surface area contributed by atoms with Gasteiger partial charge in [-0.25, -0.2) is 0 Å². The molecule has 3 aromatic rings. The van der Waals surface area contributed by atoms with Crippen LogP contribution in [0.1, 0.15) is 66.8 Å². The second kappa shape index (κ2) is 15.2. The largest absolute Gasteiger partial charge is 0.493 e. The van der Waals surface area contributed by atoms with Crippen molar-refractivity contribution in [2.75, 3.05) is 19.8 Å². The van der Waals surface area contributed by atoms with E-state index in [0.29, 0.717) is 39.3 Å². The molecule has 40 heavy (non-hydrogen) atoms. The van der Waals surface area contributed by atoms with Gasteiger partial charge in [0.05, 0.1) is 13.2 Å². The third-order valence-corrected chi connectivity index (χ3v) is 7.52. The molecular formula is C34H41NO5. The first-order valence-electron chi connectivity index (χ1n) is 14.4. The maximum absolute atomic E-state index is 11.3. The van der Waals surface area contributed by atoms with Gasteiger partial charge in [0.2, 0.25) is 0 Å². The predicted molar refractivity (Wildman–Crippen MR) is 158 cm³/mol. The Morgan fingerprint density at radius 3 is 2.52 bits per heavy atom. The lowest BCUT2D eigenvalue weighted by Gasteiger charge is -2.20. The number of carbonyl (C=O) groups excluding carboxylic acids is 2. The van der Waals surface area contributed by atoms with E-state index >= 15 is 0 Å². The number of unbranched alkanes of at least 4 members (excludes halogenated alkanes) is 1. The maximum atomic E-state index is 11.3. The van der Waals surface area contributed by atoms with Gasteiger partial charge < -0.3 is 24.3 Å². The van der Waals surface area contributed by atoms with Crippen molar-refractivity contribution < 1.29 is 23.8 Å². The van der Waals surface area contributed by atoms with Crippen molar-refractivity contribution >= 4 is 12.3 Å². The molecule has 0 unspecified atom stereocenters. The number of ether oxygens (including phenoxy) is 3. The zero-order valence-electron chi connectivity index (χ0n) is 23.8. The number of ketones is 1. The first-order chi connectivity index (χ1) is 19.6. The Balaban J connectivity index is 1.52. The van der Waals surface area contributed by atoms with Crippen LogP contribution in [0.15, 0.2) is 54.6 Å². The van der Waals surface area contributed by atoms with E-state index in [0.717, 1.165) is 56.6 Å². The highest BCUT2D eigenvalue weighted by Crippen LogP contribution is 2.40. The molecule has 212 valence electrons. The molecule has 0 fully saturated rings. The van der Waals surface area contributed by atoms with Crippen molar-refractivity contribution in [1.29, 1.82) is 0 Å². The highest BCUT2D eigenvalue weighted by molar-refractivity contribution is 5.75. The molecule has 0 saturated carbocycles. The minimum absolute atomic E-state index is 0.219. The van der Waals surface area contributed by atoms with E-state index in [9.17, 15) is 9.59 Å². The molecule has 1 N–H and O–H groups in total. The van der Waals surface area contributed by atoms with Crippen LogP contribution in [0.2, 0.25) is 0 Å². The zero-order chi connectivity index (χ0) is 28.2. The highest BCUT2D eigenvalue weighted by atomic mass is 16.5. The average molecular weight is 544 g/mol. The van der Waals surface area contributed by atoms with E-state index in [1.165, 1.54) is 38.9 Å². The molecule has 0 saturated heterocycles. The molecule has 6 heteroatoms. The molecule has 0 amide bonds. The van der Waals surface area contributed by atoms with E-state index in [2.05, 4.69) is 60.8 Å².